The lowest BCUT2D eigenvalue weighted by molar-refractivity contribution is -0.123. The Hall–Kier alpha value is -3.48. The van der Waals surface area contributed by atoms with Crippen LogP contribution in [0, 0.1) is 0 Å². The molecule has 0 bridgehead atoms. The average Bonchev–Trinajstić information content (AvgIpc) is 2.83. The fourth-order valence-electron chi connectivity index (χ4n) is 3.75. The van der Waals surface area contributed by atoms with Gasteiger partial charge < -0.3 is 0 Å². The predicted molar refractivity (Wildman–Crippen MR) is 125 cm³/mol. The van der Waals surface area contributed by atoms with E-state index in [2.05, 4.69) is 22.9 Å². The maximum atomic E-state index is 13.0. The summed E-state index contributed by atoms with van der Waals surface area (Å²) in [5, 5.41) is 5.23. The maximum Gasteiger partial charge on any atom is 0.290 e. The maximum absolute atomic E-state index is 13.0. The lowest BCUT2D eigenvalue weighted by atomic mass is 9.94. The van der Waals surface area contributed by atoms with Crippen LogP contribution in [0.5, 0.6) is 0 Å². The molecule has 0 aliphatic carbocycles. The Morgan fingerprint density at radius 1 is 0.906 bits per heavy atom. The van der Waals surface area contributed by atoms with Crippen molar-refractivity contribution >= 4 is 22.6 Å². The lowest BCUT2D eigenvalue weighted by Gasteiger charge is -2.17. The van der Waals surface area contributed by atoms with Crippen molar-refractivity contribution in [3.05, 3.63) is 76.2 Å². The second kappa shape index (κ2) is 11.2. The smallest absolute Gasteiger partial charge is 0.273 e. The number of carbonyl (C=O) groups excluding carboxylic acids is 2. The first-order chi connectivity index (χ1) is 15.6. The van der Waals surface area contributed by atoms with Gasteiger partial charge in [0, 0.05) is 11.9 Å². The molecule has 7 heteroatoms. The fraction of sp³-hybridized carbons (Fsp3) is 0.360. The molecule has 3 rings (SSSR count). The van der Waals surface area contributed by atoms with Crippen molar-refractivity contribution in [1.29, 1.82) is 0 Å². The number of aryl methyl sites for hydroxylation is 1. The lowest BCUT2D eigenvalue weighted by Crippen LogP contribution is -2.44. The molecule has 0 radical (unpaired) electrons. The molecule has 1 aromatic heterocycles. The molecular weight excluding hydrogens is 404 g/mol. The number of carbonyl (C=O) groups is 2. The van der Waals surface area contributed by atoms with Gasteiger partial charge in [-0.15, -0.1) is 0 Å². The van der Waals surface area contributed by atoms with E-state index in [1.807, 2.05) is 37.3 Å². The number of nitrogens with zero attached hydrogens (tertiary/aromatic N) is 2. The highest BCUT2D eigenvalue weighted by Crippen LogP contribution is 2.21. The molecule has 0 aliphatic rings. The highest BCUT2D eigenvalue weighted by atomic mass is 16.2. The number of hydrazine groups is 1. The zero-order chi connectivity index (χ0) is 22.9. The number of unbranched alkanes of at least 4 members (excludes halogenated alkanes) is 2. The first kappa shape index (κ1) is 23.2. The van der Waals surface area contributed by atoms with Crippen LogP contribution in [0.1, 0.15) is 67.9 Å². The van der Waals surface area contributed by atoms with Crippen molar-refractivity contribution in [1.82, 2.24) is 20.6 Å². The van der Waals surface area contributed by atoms with Gasteiger partial charge in [0.2, 0.25) is 5.91 Å². The number of aromatic nitrogens is 2. The van der Waals surface area contributed by atoms with Crippen LogP contribution in [0.2, 0.25) is 0 Å². The largest absolute Gasteiger partial charge is 0.290 e. The molecule has 2 amide bonds. The summed E-state index contributed by atoms with van der Waals surface area (Å²) >= 11 is 0. The zero-order valence-electron chi connectivity index (χ0n) is 18.6. The van der Waals surface area contributed by atoms with Crippen LogP contribution in [0.3, 0.4) is 0 Å². The summed E-state index contributed by atoms with van der Waals surface area (Å²) in [7, 11) is 0. The van der Waals surface area contributed by atoms with Crippen LogP contribution in [-0.4, -0.2) is 21.6 Å². The quantitative estimate of drug-likeness (QED) is 0.394. The third-order valence-corrected chi connectivity index (χ3v) is 5.45. The Morgan fingerprint density at radius 2 is 1.59 bits per heavy atom. The summed E-state index contributed by atoms with van der Waals surface area (Å²) < 4.78 is 1.35. The number of fused-ring (bicyclic) bond motifs is 1. The molecule has 1 atom stereocenters. The number of hydrogen-bond acceptors (Lipinski definition) is 4. The number of hydrogen-bond donors (Lipinski definition) is 2. The minimum absolute atomic E-state index is 0.115. The van der Waals surface area contributed by atoms with Crippen LogP contribution in [-0.2, 0) is 11.3 Å². The SMILES string of the molecule is CCCCCn1nc(C(=O)NNC(=O)C(CCC)c2ccccc2)c2ccccc2c1=O. The molecule has 32 heavy (non-hydrogen) atoms. The first-order valence-corrected chi connectivity index (χ1v) is 11.2. The molecule has 2 aromatic carbocycles. The van der Waals surface area contributed by atoms with Gasteiger partial charge in [-0.1, -0.05) is 81.6 Å². The van der Waals surface area contributed by atoms with Crippen molar-refractivity contribution in [2.45, 2.75) is 58.4 Å². The summed E-state index contributed by atoms with van der Waals surface area (Å²) in [4.78, 5) is 38.6. The van der Waals surface area contributed by atoms with Crippen molar-refractivity contribution in [3.63, 3.8) is 0 Å². The Morgan fingerprint density at radius 3 is 2.28 bits per heavy atom. The van der Waals surface area contributed by atoms with Gasteiger partial charge in [-0.2, -0.15) is 5.10 Å². The van der Waals surface area contributed by atoms with E-state index < -0.39 is 5.91 Å². The second-order valence-electron chi connectivity index (χ2n) is 7.82. The third-order valence-electron chi connectivity index (χ3n) is 5.45. The van der Waals surface area contributed by atoms with Gasteiger partial charge in [-0.3, -0.25) is 25.2 Å². The van der Waals surface area contributed by atoms with E-state index in [9.17, 15) is 14.4 Å². The zero-order valence-corrected chi connectivity index (χ0v) is 18.6. The van der Waals surface area contributed by atoms with Crippen LogP contribution in [0.15, 0.2) is 59.4 Å². The Kier molecular flexibility index (Phi) is 8.14. The minimum Gasteiger partial charge on any atom is -0.273 e. The van der Waals surface area contributed by atoms with E-state index >= 15 is 0 Å². The second-order valence-corrected chi connectivity index (χ2v) is 7.82. The van der Waals surface area contributed by atoms with Crippen molar-refractivity contribution in [2.24, 2.45) is 0 Å². The topological polar surface area (TPSA) is 93.1 Å². The van der Waals surface area contributed by atoms with Gasteiger partial charge >= 0.3 is 0 Å². The molecule has 0 spiro atoms. The van der Waals surface area contributed by atoms with Gasteiger partial charge in [0.05, 0.1) is 11.3 Å². The van der Waals surface area contributed by atoms with E-state index in [1.54, 1.807) is 24.3 Å². The van der Waals surface area contributed by atoms with Crippen LogP contribution >= 0.6 is 0 Å². The normalized spacial score (nSPS) is 11.8. The molecule has 1 heterocycles. The van der Waals surface area contributed by atoms with Gasteiger partial charge in [0.1, 0.15) is 0 Å². The van der Waals surface area contributed by atoms with Gasteiger partial charge in [0.15, 0.2) is 5.69 Å². The Bertz CT molecular complexity index is 1120. The predicted octanol–water partition coefficient (Wildman–Crippen LogP) is 3.93. The number of nitrogens with one attached hydrogen (secondary N) is 2. The third kappa shape index (κ3) is 5.41. The molecule has 7 nitrogen and oxygen atoms in total. The standard InChI is InChI=1S/C25H30N4O3/c1-3-5-11-17-29-25(32)21-16-10-9-15-20(21)22(28-29)24(31)27-26-23(30)19(12-4-2)18-13-7-6-8-14-18/h6-10,13-16,19H,3-5,11-12,17H2,1-2H3,(H,26,30)(H,27,31). The molecule has 0 aliphatic heterocycles. The Labute approximate surface area is 187 Å². The van der Waals surface area contributed by atoms with Crippen LogP contribution in [0.4, 0.5) is 0 Å². The van der Waals surface area contributed by atoms with Crippen molar-refractivity contribution in [2.75, 3.05) is 0 Å². The summed E-state index contributed by atoms with van der Waals surface area (Å²) in [6.45, 7) is 4.54. The summed E-state index contributed by atoms with van der Waals surface area (Å²) in [6, 6.07) is 16.4. The van der Waals surface area contributed by atoms with Gasteiger partial charge in [-0.25, -0.2) is 4.68 Å². The molecule has 1 unspecified atom stereocenters. The van der Waals surface area contributed by atoms with Gasteiger partial charge in [0.25, 0.3) is 11.5 Å². The molecular formula is C25H30N4O3. The van der Waals surface area contributed by atoms with Gasteiger partial charge in [-0.05, 0) is 24.5 Å². The van der Waals surface area contributed by atoms with Crippen LogP contribution < -0.4 is 16.4 Å². The molecule has 0 saturated heterocycles. The Balaban J connectivity index is 1.82. The monoisotopic (exact) mass is 434 g/mol. The van der Waals surface area contributed by atoms with Crippen LogP contribution in [0.25, 0.3) is 10.8 Å². The van der Waals surface area contributed by atoms with Crippen molar-refractivity contribution < 1.29 is 9.59 Å². The highest BCUT2D eigenvalue weighted by molar-refractivity contribution is 6.05. The molecule has 0 fully saturated rings. The molecule has 168 valence electrons. The van der Waals surface area contributed by atoms with Crippen molar-refractivity contribution in [3.8, 4) is 0 Å². The first-order valence-electron chi connectivity index (χ1n) is 11.2. The molecule has 2 N–H and O–H groups in total. The average molecular weight is 435 g/mol. The van der Waals surface area contributed by atoms with E-state index in [1.165, 1.54) is 4.68 Å². The minimum atomic E-state index is -0.554. The highest BCUT2D eigenvalue weighted by Gasteiger charge is 2.22. The molecule has 0 saturated carbocycles. The number of amides is 2. The van der Waals surface area contributed by atoms with E-state index in [0.29, 0.717) is 23.7 Å². The van der Waals surface area contributed by atoms with E-state index in [-0.39, 0.29) is 23.1 Å². The molecule has 3 aromatic rings. The summed E-state index contributed by atoms with van der Waals surface area (Å²) in [5.41, 5.74) is 5.84. The fourth-order valence-corrected chi connectivity index (χ4v) is 3.75. The number of rotatable bonds is 9. The van der Waals surface area contributed by atoms with E-state index in [0.717, 1.165) is 31.2 Å². The van der Waals surface area contributed by atoms with E-state index in [4.69, 9.17) is 0 Å². The summed E-state index contributed by atoms with van der Waals surface area (Å²) in [5.74, 6) is -1.21. The number of benzene rings is 2. The summed E-state index contributed by atoms with van der Waals surface area (Å²) in [6.07, 6.45) is 4.28.